The fourth-order valence-electron chi connectivity index (χ4n) is 4.67. The Bertz CT molecular complexity index is 1110. The van der Waals surface area contributed by atoms with E-state index in [1.807, 2.05) is 30.3 Å². The fraction of sp³-hybridized carbons (Fsp3) is 0.462. The molecular weight excluding hydrogens is 434 g/mol. The van der Waals surface area contributed by atoms with Crippen LogP contribution < -0.4 is 10.2 Å². The van der Waals surface area contributed by atoms with E-state index in [1.54, 1.807) is 6.92 Å². The Morgan fingerprint density at radius 3 is 2.53 bits per heavy atom. The second-order valence-electron chi connectivity index (χ2n) is 8.96. The Labute approximate surface area is 199 Å². The van der Waals surface area contributed by atoms with Crippen molar-refractivity contribution < 1.29 is 24.9 Å². The molecule has 8 heteroatoms. The first-order chi connectivity index (χ1) is 16.4. The van der Waals surface area contributed by atoms with E-state index in [0.717, 1.165) is 23.9 Å². The number of nitrogens with one attached hydrogen (secondary N) is 1. The van der Waals surface area contributed by atoms with Gasteiger partial charge < -0.3 is 30.3 Å². The molecule has 2 heterocycles. The number of aliphatic hydroxyl groups excluding tert-OH is 3. The van der Waals surface area contributed by atoms with Gasteiger partial charge in [-0.25, -0.2) is 0 Å². The van der Waals surface area contributed by atoms with Gasteiger partial charge in [0.2, 0.25) is 0 Å². The van der Waals surface area contributed by atoms with Crippen molar-refractivity contribution in [2.45, 2.75) is 63.3 Å². The highest BCUT2D eigenvalue weighted by Crippen LogP contribution is 2.26. The van der Waals surface area contributed by atoms with Gasteiger partial charge in [0, 0.05) is 18.8 Å². The van der Waals surface area contributed by atoms with Crippen molar-refractivity contribution in [1.29, 1.82) is 5.26 Å². The zero-order valence-electron chi connectivity index (χ0n) is 19.2. The Hall–Kier alpha value is -2.96. The van der Waals surface area contributed by atoms with Crippen molar-refractivity contribution in [2.75, 3.05) is 18.0 Å². The molecule has 2 aromatic carbocycles. The standard InChI is InChI=1S/C26H31N3O5/c1-2-21-23(30)24(31)22(26(33)34-21)28-25(32)19(15-27)13-16-6-7-18-14-20(9-8-17(18)12-16)29-10-4-3-5-11-29/h6-9,12-14,21-24,26,30-31,33H,2-5,10-11H2,1H3,(H,28,32)/b19-13+/t21-,22-,23?,24-,26?/m1/s1. The summed E-state index contributed by atoms with van der Waals surface area (Å²) in [4.78, 5) is 15.1. The number of nitriles is 1. The summed E-state index contributed by atoms with van der Waals surface area (Å²) in [6.45, 7) is 3.89. The summed E-state index contributed by atoms with van der Waals surface area (Å²) in [6, 6.07) is 12.6. The van der Waals surface area contributed by atoms with Gasteiger partial charge in [-0.05, 0) is 66.3 Å². The third kappa shape index (κ3) is 5.08. The average molecular weight is 466 g/mol. The predicted octanol–water partition coefficient (Wildman–Crippen LogP) is 2.07. The van der Waals surface area contributed by atoms with Crippen LogP contribution in [0, 0.1) is 11.3 Å². The summed E-state index contributed by atoms with van der Waals surface area (Å²) >= 11 is 0. The molecule has 2 aliphatic rings. The van der Waals surface area contributed by atoms with Crippen molar-refractivity contribution >= 4 is 28.4 Å². The minimum Gasteiger partial charge on any atom is -0.388 e. The largest absolute Gasteiger partial charge is 0.388 e. The fourth-order valence-corrected chi connectivity index (χ4v) is 4.67. The van der Waals surface area contributed by atoms with Crippen molar-refractivity contribution in [2.24, 2.45) is 0 Å². The molecule has 2 unspecified atom stereocenters. The van der Waals surface area contributed by atoms with Gasteiger partial charge in [0.15, 0.2) is 6.29 Å². The van der Waals surface area contributed by atoms with Gasteiger partial charge in [0.05, 0.1) is 6.10 Å². The lowest BCUT2D eigenvalue weighted by atomic mass is 9.95. The van der Waals surface area contributed by atoms with Gasteiger partial charge in [-0.15, -0.1) is 0 Å². The molecule has 0 aromatic heterocycles. The number of ether oxygens (including phenoxy) is 1. The van der Waals surface area contributed by atoms with Crippen molar-refractivity contribution in [3.05, 3.63) is 47.5 Å². The van der Waals surface area contributed by atoms with E-state index in [0.29, 0.717) is 12.0 Å². The first-order valence-corrected chi connectivity index (χ1v) is 11.8. The number of hydrogen-bond acceptors (Lipinski definition) is 7. The topological polar surface area (TPSA) is 126 Å². The van der Waals surface area contributed by atoms with Crippen LogP contribution in [0.4, 0.5) is 5.69 Å². The minimum atomic E-state index is -1.50. The summed E-state index contributed by atoms with van der Waals surface area (Å²) in [5.74, 6) is -0.767. The molecule has 0 spiro atoms. The molecule has 2 aliphatic heterocycles. The van der Waals surface area contributed by atoms with Crippen LogP contribution in [0.2, 0.25) is 0 Å². The van der Waals surface area contributed by atoms with E-state index in [-0.39, 0.29) is 5.57 Å². The molecule has 0 bridgehead atoms. The number of rotatable bonds is 5. The van der Waals surface area contributed by atoms with Crippen LogP contribution in [0.15, 0.2) is 42.0 Å². The maximum Gasteiger partial charge on any atom is 0.262 e. The number of carbonyl (C=O) groups excluding carboxylic acids is 1. The first-order valence-electron chi connectivity index (χ1n) is 11.8. The summed E-state index contributed by atoms with van der Waals surface area (Å²) in [6.07, 6.45) is 0.622. The van der Waals surface area contributed by atoms with Crippen LogP contribution in [0.5, 0.6) is 0 Å². The van der Waals surface area contributed by atoms with Crippen LogP contribution in [0.25, 0.3) is 16.8 Å². The molecule has 4 rings (SSSR count). The van der Waals surface area contributed by atoms with Gasteiger partial charge in [-0.3, -0.25) is 4.79 Å². The number of carbonyl (C=O) groups is 1. The molecule has 8 nitrogen and oxygen atoms in total. The maximum absolute atomic E-state index is 12.7. The number of piperidine rings is 1. The second-order valence-corrected chi connectivity index (χ2v) is 8.96. The third-order valence-corrected chi connectivity index (χ3v) is 6.67. The molecule has 2 aromatic rings. The van der Waals surface area contributed by atoms with Crippen LogP contribution in [-0.4, -0.2) is 65.0 Å². The second kappa shape index (κ2) is 10.5. The molecular formula is C26H31N3O5. The molecule has 5 atom stereocenters. The summed E-state index contributed by atoms with van der Waals surface area (Å²) in [5.41, 5.74) is 1.69. The number of amides is 1. The van der Waals surface area contributed by atoms with Crippen molar-refractivity contribution in [3.63, 3.8) is 0 Å². The minimum absolute atomic E-state index is 0.184. The lowest BCUT2D eigenvalue weighted by Gasteiger charge is -2.40. The maximum atomic E-state index is 12.7. The normalized spacial score (nSPS) is 27.9. The molecule has 0 radical (unpaired) electrons. The molecule has 4 N–H and O–H groups in total. The monoisotopic (exact) mass is 465 g/mol. The molecule has 0 saturated carbocycles. The van der Waals surface area contributed by atoms with Gasteiger partial charge in [-0.1, -0.05) is 25.1 Å². The predicted molar refractivity (Wildman–Crippen MR) is 129 cm³/mol. The van der Waals surface area contributed by atoms with Crippen LogP contribution in [-0.2, 0) is 9.53 Å². The van der Waals surface area contributed by atoms with Gasteiger partial charge >= 0.3 is 0 Å². The number of hydrogen-bond donors (Lipinski definition) is 4. The third-order valence-electron chi connectivity index (χ3n) is 6.67. The number of benzene rings is 2. The lowest BCUT2D eigenvalue weighted by molar-refractivity contribution is -0.247. The van der Waals surface area contributed by atoms with Crippen molar-refractivity contribution in [3.8, 4) is 6.07 Å². The highest BCUT2D eigenvalue weighted by Gasteiger charge is 2.44. The molecule has 1 amide bonds. The quantitative estimate of drug-likeness (QED) is 0.393. The van der Waals surface area contributed by atoms with E-state index in [4.69, 9.17) is 4.74 Å². The Kier molecular flexibility index (Phi) is 7.49. The van der Waals surface area contributed by atoms with E-state index in [9.17, 15) is 25.4 Å². The van der Waals surface area contributed by atoms with Gasteiger partial charge in [-0.2, -0.15) is 5.26 Å². The lowest BCUT2D eigenvalue weighted by Crippen LogP contribution is -2.63. The zero-order chi connectivity index (χ0) is 24.2. The highest BCUT2D eigenvalue weighted by molar-refractivity contribution is 6.02. The SMILES string of the molecule is CC[C@H]1OC(O)[C@H](NC(=O)/C(C#N)=C/c2ccc3cc(N4CCCCC4)ccc3c2)[C@@H](O)C1O. The number of fused-ring (bicyclic) bond motifs is 1. The summed E-state index contributed by atoms with van der Waals surface area (Å²) in [5, 5.41) is 44.7. The Morgan fingerprint density at radius 2 is 1.82 bits per heavy atom. The number of anilines is 1. The zero-order valence-corrected chi connectivity index (χ0v) is 19.2. The molecule has 34 heavy (non-hydrogen) atoms. The van der Waals surface area contributed by atoms with Gasteiger partial charge in [0.25, 0.3) is 5.91 Å². The van der Waals surface area contributed by atoms with Crippen LogP contribution in [0.3, 0.4) is 0 Å². The van der Waals surface area contributed by atoms with Crippen LogP contribution >= 0.6 is 0 Å². The highest BCUT2D eigenvalue weighted by atomic mass is 16.6. The smallest absolute Gasteiger partial charge is 0.262 e. The average Bonchev–Trinajstić information content (AvgIpc) is 2.87. The number of aliphatic hydroxyl groups is 3. The molecule has 2 saturated heterocycles. The Balaban J connectivity index is 1.50. The van der Waals surface area contributed by atoms with E-state index < -0.39 is 36.6 Å². The molecule has 0 aliphatic carbocycles. The molecule has 180 valence electrons. The van der Waals surface area contributed by atoms with E-state index in [1.165, 1.54) is 31.0 Å². The van der Waals surface area contributed by atoms with Crippen molar-refractivity contribution in [1.82, 2.24) is 5.32 Å². The molecule has 2 fully saturated rings. The van der Waals surface area contributed by atoms with E-state index >= 15 is 0 Å². The van der Waals surface area contributed by atoms with Crippen LogP contribution in [0.1, 0.15) is 38.2 Å². The van der Waals surface area contributed by atoms with Gasteiger partial charge in [0.1, 0.15) is 29.9 Å². The summed E-state index contributed by atoms with van der Waals surface area (Å²) in [7, 11) is 0. The first kappa shape index (κ1) is 24.2. The number of nitrogens with zero attached hydrogens (tertiary/aromatic N) is 2. The Morgan fingerprint density at radius 1 is 1.12 bits per heavy atom. The van der Waals surface area contributed by atoms with E-state index in [2.05, 4.69) is 22.3 Å². The summed E-state index contributed by atoms with van der Waals surface area (Å²) < 4.78 is 5.29.